The molecular formula is C10H13N3O. The molecular weight excluding hydrogens is 178 g/mol. The van der Waals surface area contributed by atoms with Crippen molar-refractivity contribution < 1.29 is 5.11 Å². The van der Waals surface area contributed by atoms with E-state index in [1.807, 2.05) is 18.2 Å². The molecule has 2 atom stereocenters. The number of nitrogens with two attached hydrogens (primary N) is 1. The predicted molar refractivity (Wildman–Crippen MR) is 53.8 cm³/mol. The van der Waals surface area contributed by atoms with Gasteiger partial charge in [-0.2, -0.15) is 5.10 Å². The predicted octanol–water partition coefficient (Wildman–Crippen LogP) is 0.715. The smallest absolute Gasteiger partial charge is 0.0952 e. The number of rotatable bonds is 2. The third-order valence-corrected chi connectivity index (χ3v) is 2.26. The highest BCUT2D eigenvalue weighted by atomic mass is 16.3. The van der Waals surface area contributed by atoms with Gasteiger partial charge in [0.2, 0.25) is 0 Å². The van der Waals surface area contributed by atoms with Gasteiger partial charge in [-0.15, -0.1) is 0 Å². The van der Waals surface area contributed by atoms with E-state index in [2.05, 4.69) is 5.10 Å². The topological polar surface area (TPSA) is 63.5 Å². The molecule has 0 aliphatic carbocycles. The number of aromatic nitrogens is 2. The van der Waals surface area contributed by atoms with E-state index in [1.165, 1.54) is 0 Å². The van der Waals surface area contributed by atoms with Crippen molar-refractivity contribution in [2.45, 2.75) is 19.1 Å². The summed E-state index contributed by atoms with van der Waals surface area (Å²) in [6.45, 7) is 1.78. The van der Waals surface area contributed by atoms with Gasteiger partial charge in [0.25, 0.3) is 0 Å². The lowest BCUT2D eigenvalue weighted by Gasteiger charge is -2.14. The third-order valence-electron chi connectivity index (χ3n) is 2.26. The molecule has 14 heavy (non-hydrogen) atoms. The van der Waals surface area contributed by atoms with Gasteiger partial charge in [0.05, 0.1) is 11.6 Å². The number of hydrogen-bond donors (Lipinski definition) is 2. The number of aliphatic hydroxyl groups is 1. The van der Waals surface area contributed by atoms with Crippen LogP contribution in [0, 0.1) is 0 Å². The van der Waals surface area contributed by atoms with Crippen LogP contribution in [0.15, 0.2) is 30.6 Å². The van der Waals surface area contributed by atoms with Crippen molar-refractivity contribution in [3.8, 4) is 0 Å². The van der Waals surface area contributed by atoms with E-state index in [0.29, 0.717) is 0 Å². The van der Waals surface area contributed by atoms with Crippen molar-refractivity contribution in [3.05, 3.63) is 36.2 Å². The second-order valence-electron chi connectivity index (χ2n) is 3.47. The van der Waals surface area contributed by atoms with Crippen LogP contribution in [0.4, 0.5) is 0 Å². The number of pyridine rings is 1. The van der Waals surface area contributed by atoms with Crippen LogP contribution < -0.4 is 5.73 Å². The summed E-state index contributed by atoms with van der Waals surface area (Å²) in [6.07, 6.45) is 2.88. The van der Waals surface area contributed by atoms with Crippen molar-refractivity contribution >= 4 is 5.52 Å². The quantitative estimate of drug-likeness (QED) is 0.735. The van der Waals surface area contributed by atoms with Crippen molar-refractivity contribution in [1.82, 2.24) is 9.61 Å². The fourth-order valence-corrected chi connectivity index (χ4v) is 1.41. The summed E-state index contributed by atoms with van der Waals surface area (Å²) in [4.78, 5) is 0. The highest BCUT2D eigenvalue weighted by Gasteiger charge is 2.12. The zero-order chi connectivity index (χ0) is 10.1. The molecule has 0 bridgehead atoms. The van der Waals surface area contributed by atoms with Crippen LogP contribution in [0.2, 0.25) is 0 Å². The van der Waals surface area contributed by atoms with Crippen LogP contribution in [-0.2, 0) is 0 Å². The molecule has 0 saturated carbocycles. The first-order chi connectivity index (χ1) is 6.68. The first-order valence-electron chi connectivity index (χ1n) is 4.55. The number of nitrogens with zero attached hydrogens (tertiary/aromatic N) is 2. The van der Waals surface area contributed by atoms with Gasteiger partial charge in [0, 0.05) is 24.0 Å². The maximum Gasteiger partial charge on any atom is 0.0952 e. The van der Waals surface area contributed by atoms with Crippen LogP contribution in [-0.4, -0.2) is 20.8 Å². The normalized spacial score (nSPS) is 15.6. The van der Waals surface area contributed by atoms with Crippen molar-refractivity contribution in [3.63, 3.8) is 0 Å². The minimum absolute atomic E-state index is 0.275. The molecule has 0 aliphatic heterocycles. The zero-order valence-electron chi connectivity index (χ0n) is 7.96. The van der Waals surface area contributed by atoms with Gasteiger partial charge >= 0.3 is 0 Å². The molecule has 0 spiro atoms. The molecule has 0 aliphatic rings. The van der Waals surface area contributed by atoms with Crippen molar-refractivity contribution in [1.29, 1.82) is 0 Å². The molecule has 2 rings (SSSR count). The average Bonchev–Trinajstić information content (AvgIpc) is 2.62. The monoisotopic (exact) mass is 191 g/mol. The Morgan fingerprint density at radius 1 is 1.43 bits per heavy atom. The van der Waals surface area contributed by atoms with Gasteiger partial charge < -0.3 is 10.8 Å². The van der Waals surface area contributed by atoms with Gasteiger partial charge in [0.15, 0.2) is 0 Å². The fourth-order valence-electron chi connectivity index (χ4n) is 1.41. The van der Waals surface area contributed by atoms with Gasteiger partial charge in [0.1, 0.15) is 0 Å². The standard InChI is InChI=1S/C10H13N3O/c1-7(11)10(14)8-2-3-9-4-5-12-13(9)6-8/h2-7,10,14H,11H2,1H3. The van der Waals surface area contributed by atoms with E-state index in [4.69, 9.17) is 5.73 Å². The maximum atomic E-state index is 9.73. The highest BCUT2D eigenvalue weighted by Crippen LogP contribution is 2.16. The maximum absolute atomic E-state index is 9.73. The van der Waals surface area contributed by atoms with Crippen LogP contribution in [0.25, 0.3) is 5.52 Å². The second-order valence-corrected chi connectivity index (χ2v) is 3.47. The van der Waals surface area contributed by atoms with Crippen molar-refractivity contribution in [2.75, 3.05) is 0 Å². The minimum Gasteiger partial charge on any atom is -0.387 e. The SMILES string of the molecule is CC(N)C(O)c1ccc2ccnn2c1. The molecule has 3 N–H and O–H groups in total. The lowest BCUT2D eigenvalue weighted by molar-refractivity contribution is 0.153. The highest BCUT2D eigenvalue weighted by molar-refractivity contribution is 5.46. The molecule has 0 radical (unpaired) electrons. The fraction of sp³-hybridized carbons (Fsp3) is 0.300. The summed E-state index contributed by atoms with van der Waals surface area (Å²) in [5, 5.41) is 13.8. The molecule has 0 fully saturated rings. The zero-order valence-corrected chi connectivity index (χ0v) is 7.96. The van der Waals surface area contributed by atoms with Crippen LogP contribution >= 0.6 is 0 Å². The number of hydrogen-bond acceptors (Lipinski definition) is 3. The van der Waals surface area contributed by atoms with E-state index >= 15 is 0 Å². The number of fused-ring (bicyclic) bond motifs is 1. The Bertz CT molecular complexity index is 436. The molecule has 4 heteroatoms. The minimum atomic E-state index is -0.636. The lowest BCUT2D eigenvalue weighted by atomic mass is 10.1. The molecule has 2 heterocycles. The second kappa shape index (κ2) is 3.40. The lowest BCUT2D eigenvalue weighted by Crippen LogP contribution is -2.24. The summed E-state index contributed by atoms with van der Waals surface area (Å²) in [5.41, 5.74) is 7.40. The average molecular weight is 191 g/mol. The summed E-state index contributed by atoms with van der Waals surface area (Å²) < 4.78 is 1.72. The number of aliphatic hydroxyl groups excluding tert-OH is 1. The van der Waals surface area contributed by atoms with Crippen LogP contribution in [0.1, 0.15) is 18.6 Å². The molecule has 2 aromatic heterocycles. The third kappa shape index (κ3) is 1.49. The first kappa shape index (κ1) is 9.18. The van der Waals surface area contributed by atoms with E-state index in [9.17, 15) is 5.11 Å². The van der Waals surface area contributed by atoms with Gasteiger partial charge in [-0.3, -0.25) is 0 Å². The van der Waals surface area contributed by atoms with Crippen LogP contribution in [0.3, 0.4) is 0 Å². The van der Waals surface area contributed by atoms with Crippen molar-refractivity contribution in [2.24, 2.45) is 5.73 Å². The van der Waals surface area contributed by atoms with Gasteiger partial charge in [-0.05, 0) is 19.1 Å². The molecule has 0 saturated heterocycles. The molecule has 4 nitrogen and oxygen atoms in total. The van der Waals surface area contributed by atoms with Gasteiger partial charge in [-0.1, -0.05) is 6.07 Å². The molecule has 0 amide bonds. The Hall–Kier alpha value is -1.39. The molecule has 2 unspecified atom stereocenters. The summed E-state index contributed by atoms with van der Waals surface area (Å²) >= 11 is 0. The Morgan fingerprint density at radius 2 is 2.21 bits per heavy atom. The summed E-state index contributed by atoms with van der Waals surface area (Å²) in [6, 6.07) is 5.41. The summed E-state index contributed by atoms with van der Waals surface area (Å²) in [5.74, 6) is 0. The van der Waals surface area contributed by atoms with Gasteiger partial charge in [-0.25, -0.2) is 4.52 Å². The molecule has 74 valence electrons. The Labute approximate surface area is 82.0 Å². The Morgan fingerprint density at radius 3 is 2.93 bits per heavy atom. The Kier molecular flexibility index (Phi) is 2.23. The Balaban J connectivity index is 2.43. The summed E-state index contributed by atoms with van der Waals surface area (Å²) in [7, 11) is 0. The van der Waals surface area contributed by atoms with Crippen LogP contribution in [0.5, 0.6) is 0 Å². The first-order valence-corrected chi connectivity index (χ1v) is 4.55. The van der Waals surface area contributed by atoms with E-state index in [1.54, 1.807) is 23.8 Å². The van der Waals surface area contributed by atoms with E-state index in [0.717, 1.165) is 11.1 Å². The van der Waals surface area contributed by atoms with E-state index in [-0.39, 0.29) is 6.04 Å². The largest absolute Gasteiger partial charge is 0.387 e. The molecule has 0 aromatic carbocycles. The molecule has 2 aromatic rings. The van der Waals surface area contributed by atoms with E-state index < -0.39 is 6.10 Å².